The number of hydrogen-bond acceptors (Lipinski definition) is 3. The molecule has 6 heteroatoms. The molecule has 20 heavy (non-hydrogen) atoms. The van der Waals surface area contributed by atoms with E-state index < -0.39 is 15.8 Å². The van der Waals surface area contributed by atoms with E-state index in [9.17, 15) is 12.8 Å². The van der Waals surface area contributed by atoms with Gasteiger partial charge in [0.1, 0.15) is 5.82 Å². The quantitative estimate of drug-likeness (QED) is 0.919. The molecule has 2 aliphatic rings. The molecule has 3 rings (SSSR count). The minimum Gasteiger partial charge on any atom is -0.315 e. The molecule has 1 aromatic carbocycles. The number of nitrogens with one attached hydrogen (secondary N) is 1. The molecule has 0 saturated carbocycles. The second kappa shape index (κ2) is 5.42. The Balaban J connectivity index is 1.84. The fourth-order valence-electron chi connectivity index (χ4n) is 3.30. The first-order valence-electron chi connectivity index (χ1n) is 7.02. The van der Waals surface area contributed by atoms with Gasteiger partial charge in [0, 0.05) is 18.6 Å². The van der Waals surface area contributed by atoms with Crippen molar-refractivity contribution in [3.05, 3.63) is 35.6 Å². The van der Waals surface area contributed by atoms with E-state index in [1.54, 1.807) is 16.4 Å². The average Bonchev–Trinajstić information content (AvgIpc) is 2.63. The minimum atomic E-state index is -3.39. The standard InChI is InChI=1S/C14H19FN2O2S/c15-12-3-1-2-11(8-12)10-20(18,19)17-13-4-5-14(17)9-16-7-6-13/h1-3,8,13-14,16H,4-7,9-10H2. The SMILES string of the molecule is O=S(=O)(Cc1cccc(F)c1)N1C2CCNCC1CC2. The number of fused-ring (bicyclic) bond motifs is 2. The molecule has 0 spiro atoms. The molecule has 2 atom stereocenters. The van der Waals surface area contributed by atoms with Crippen LogP contribution in [0.5, 0.6) is 0 Å². The molecule has 0 amide bonds. The third kappa shape index (κ3) is 2.73. The lowest BCUT2D eigenvalue weighted by Gasteiger charge is -2.26. The van der Waals surface area contributed by atoms with E-state index in [4.69, 9.17) is 0 Å². The summed E-state index contributed by atoms with van der Waals surface area (Å²) in [6.07, 6.45) is 2.72. The van der Waals surface area contributed by atoms with Crippen molar-refractivity contribution in [1.29, 1.82) is 0 Å². The van der Waals surface area contributed by atoms with Gasteiger partial charge in [-0.2, -0.15) is 4.31 Å². The Labute approximate surface area is 119 Å². The lowest BCUT2D eigenvalue weighted by molar-refractivity contribution is 0.334. The molecule has 0 radical (unpaired) electrons. The lowest BCUT2D eigenvalue weighted by atomic mass is 10.1. The van der Waals surface area contributed by atoms with Crippen molar-refractivity contribution in [2.24, 2.45) is 0 Å². The molecule has 4 nitrogen and oxygen atoms in total. The zero-order valence-electron chi connectivity index (χ0n) is 11.3. The Morgan fingerprint density at radius 2 is 2.05 bits per heavy atom. The lowest BCUT2D eigenvalue weighted by Crippen LogP contribution is -2.43. The van der Waals surface area contributed by atoms with Crippen molar-refractivity contribution in [2.45, 2.75) is 37.1 Å². The van der Waals surface area contributed by atoms with Crippen LogP contribution in [0.2, 0.25) is 0 Å². The molecule has 1 aromatic rings. The fourth-order valence-corrected chi connectivity index (χ4v) is 5.35. The van der Waals surface area contributed by atoms with Crippen molar-refractivity contribution in [3.8, 4) is 0 Å². The van der Waals surface area contributed by atoms with E-state index in [2.05, 4.69) is 5.32 Å². The Morgan fingerprint density at radius 3 is 2.85 bits per heavy atom. The number of hydrogen-bond donors (Lipinski definition) is 1. The smallest absolute Gasteiger partial charge is 0.218 e. The van der Waals surface area contributed by atoms with Gasteiger partial charge in [0.2, 0.25) is 10.0 Å². The van der Waals surface area contributed by atoms with Gasteiger partial charge in [-0.25, -0.2) is 12.8 Å². The van der Waals surface area contributed by atoms with E-state index in [0.717, 1.165) is 32.4 Å². The Kier molecular flexibility index (Phi) is 3.79. The van der Waals surface area contributed by atoms with E-state index in [0.29, 0.717) is 5.56 Å². The van der Waals surface area contributed by atoms with Crippen LogP contribution in [0.15, 0.2) is 24.3 Å². The van der Waals surface area contributed by atoms with Crippen LogP contribution in [0.25, 0.3) is 0 Å². The zero-order valence-corrected chi connectivity index (χ0v) is 12.1. The normalized spacial score (nSPS) is 27.4. The van der Waals surface area contributed by atoms with Crippen molar-refractivity contribution >= 4 is 10.0 Å². The number of benzene rings is 1. The maximum atomic E-state index is 13.2. The van der Waals surface area contributed by atoms with Crippen molar-refractivity contribution in [2.75, 3.05) is 13.1 Å². The molecule has 0 aliphatic carbocycles. The molecule has 2 bridgehead atoms. The summed E-state index contributed by atoms with van der Waals surface area (Å²) in [4.78, 5) is 0. The monoisotopic (exact) mass is 298 g/mol. The third-order valence-corrected chi connectivity index (χ3v) is 6.08. The highest BCUT2D eigenvalue weighted by atomic mass is 32.2. The van der Waals surface area contributed by atoms with Crippen LogP contribution in [-0.4, -0.2) is 37.9 Å². The maximum absolute atomic E-state index is 13.2. The largest absolute Gasteiger partial charge is 0.315 e. The summed E-state index contributed by atoms with van der Waals surface area (Å²) in [5.41, 5.74) is 0.515. The minimum absolute atomic E-state index is 0.0565. The topological polar surface area (TPSA) is 49.4 Å². The average molecular weight is 298 g/mol. The molecule has 110 valence electrons. The first-order valence-corrected chi connectivity index (χ1v) is 8.63. The molecule has 2 saturated heterocycles. The fraction of sp³-hybridized carbons (Fsp3) is 0.571. The van der Waals surface area contributed by atoms with Gasteiger partial charge in [0.25, 0.3) is 0 Å². The molecule has 2 fully saturated rings. The maximum Gasteiger partial charge on any atom is 0.218 e. The van der Waals surface area contributed by atoms with Gasteiger partial charge >= 0.3 is 0 Å². The highest BCUT2D eigenvalue weighted by molar-refractivity contribution is 7.88. The molecule has 1 N–H and O–H groups in total. The van der Waals surface area contributed by atoms with Crippen LogP contribution in [0, 0.1) is 5.82 Å². The second-order valence-electron chi connectivity index (χ2n) is 5.59. The number of sulfonamides is 1. The predicted octanol–water partition coefficient (Wildman–Crippen LogP) is 1.48. The molecule has 2 heterocycles. The summed E-state index contributed by atoms with van der Waals surface area (Å²) in [6.45, 7) is 1.59. The zero-order chi connectivity index (χ0) is 14.2. The van der Waals surface area contributed by atoms with Crippen molar-refractivity contribution in [3.63, 3.8) is 0 Å². The van der Waals surface area contributed by atoms with E-state index >= 15 is 0 Å². The summed E-state index contributed by atoms with van der Waals surface area (Å²) in [5.74, 6) is -0.504. The second-order valence-corrected chi connectivity index (χ2v) is 7.47. The molecule has 0 aromatic heterocycles. The van der Waals surface area contributed by atoms with Crippen LogP contribution in [-0.2, 0) is 15.8 Å². The number of nitrogens with zero attached hydrogens (tertiary/aromatic N) is 1. The Bertz CT molecular complexity index is 577. The van der Waals surface area contributed by atoms with Crippen molar-refractivity contribution < 1.29 is 12.8 Å². The molecule has 2 aliphatic heterocycles. The summed E-state index contributed by atoms with van der Waals surface area (Å²) >= 11 is 0. The van der Waals surface area contributed by atoms with Gasteiger partial charge < -0.3 is 5.32 Å². The van der Waals surface area contributed by atoms with E-state index in [1.807, 2.05) is 0 Å². The van der Waals surface area contributed by atoms with Crippen LogP contribution in [0.3, 0.4) is 0 Å². The van der Waals surface area contributed by atoms with Gasteiger partial charge in [-0.15, -0.1) is 0 Å². The van der Waals surface area contributed by atoms with Crippen LogP contribution >= 0.6 is 0 Å². The molecule has 2 unspecified atom stereocenters. The van der Waals surface area contributed by atoms with Crippen LogP contribution in [0.4, 0.5) is 4.39 Å². The number of halogens is 1. The van der Waals surface area contributed by atoms with Gasteiger partial charge in [-0.1, -0.05) is 12.1 Å². The Hall–Kier alpha value is -0.980. The summed E-state index contributed by atoms with van der Waals surface area (Å²) in [6, 6.07) is 6.01. The van der Waals surface area contributed by atoms with E-state index in [-0.39, 0.29) is 17.8 Å². The van der Waals surface area contributed by atoms with Crippen LogP contribution in [0.1, 0.15) is 24.8 Å². The van der Waals surface area contributed by atoms with Crippen LogP contribution < -0.4 is 5.32 Å². The number of rotatable bonds is 3. The Morgan fingerprint density at radius 1 is 1.25 bits per heavy atom. The van der Waals surface area contributed by atoms with Gasteiger partial charge in [-0.05, 0) is 43.5 Å². The summed E-state index contributed by atoms with van der Waals surface area (Å²) in [7, 11) is -3.39. The van der Waals surface area contributed by atoms with Gasteiger partial charge in [0.05, 0.1) is 5.75 Å². The predicted molar refractivity (Wildman–Crippen MR) is 75.2 cm³/mol. The molecular weight excluding hydrogens is 279 g/mol. The van der Waals surface area contributed by atoms with Gasteiger partial charge in [0.15, 0.2) is 0 Å². The van der Waals surface area contributed by atoms with E-state index in [1.165, 1.54) is 12.1 Å². The van der Waals surface area contributed by atoms with Gasteiger partial charge in [-0.3, -0.25) is 0 Å². The summed E-state index contributed by atoms with van der Waals surface area (Å²) in [5, 5.41) is 3.29. The summed E-state index contributed by atoms with van der Waals surface area (Å²) < 4.78 is 40.2. The highest BCUT2D eigenvalue weighted by Gasteiger charge is 2.42. The van der Waals surface area contributed by atoms with Crippen molar-refractivity contribution in [1.82, 2.24) is 9.62 Å². The third-order valence-electron chi connectivity index (χ3n) is 4.15. The first kappa shape index (κ1) is 14.0. The highest BCUT2D eigenvalue weighted by Crippen LogP contribution is 2.32. The first-order chi connectivity index (χ1) is 9.56. The molecular formula is C14H19FN2O2S.